The Hall–Kier alpha value is -1.95. The van der Waals surface area contributed by atoms with E-state index in [2.05, 4.69) is 33.2 Å². The maximum atomic E-state index is 5.82. The average molecular weight is 346 g/mol. The number of anilines is 1. The third-order valence-corrected chi connectivity index (χ3v) is 4.25. The lowest BCUT2D eigenvalue weighted by atomic mass is 10.1. The second-order valence-electron chi connectivity index (χ2n) is 4.91. The van der Waals surface area contributed by atoms with Crippen molar-refractivity contribution in [2.75, 3.05) is 11.8 Å². The van der Waals surface area contributed by atoms with Gasteiger partial charge in [-0.1, -0.05) is 17.7 Å². The number of halogens is 1. The molecule has 4 nitrogen and oxygen atoms in total. The van der Waals surface area contributed by atoms with Crippen molar-refractivity contribution in [1.82, 2.24) is 10.3 Å². The molecule has 0 aliphatic heterocycles. The van der Waals surface area contributed by atoms with E-state index < -0.39 is 0 Å². The van der Waals surface area contributed by atoms with E-state index >= 15 is 0 Å². The van der Waals surface area contributed by atoms with E-state index in [1.807, 2.05) is 25.2 Å². The number of furan rings is 1. The molecule has 118 valence electrons. The average Bonchev–Trinajstić information content (AvgIpc) is 3.09. The normalized spacial score (nSPS) is 10.7. The van der Waals surface area contributed by atoms with Crippen LogP contribution in [0.1, 0.15) is 5.56 Å². The lowest BCUT2D eigenvalue weighted by Crippen LogP contribution is -2.05. The van der Waals surface area contributed by atoms with Crippen molar-refractivity contribution < 1.29 is 4.42 Å². The highest BCUT2D eigenvalue weighted by Crippen LogP contribution is 2.32. The van der Waals surface area contributed by atoms with E-state index in [0.29, 0.717) is 5.15 Å². The highest BCUT2D eigenvalue weighted by atomic mass is 35.5. The Balaban J connectivity index is 1.85. The van der Waals surface area contributed by atoms with Crippen molar-refractivity contribution in [3.8, 4) is 11.3 Å². The molecule has 0 fully saturated rings. The molecule has 2 aromatic heterocycles. The van der Waals surface area contributed by atoms with E-state index in [1.54, 1.807) is 18.5 Å². The largest absolute Gasteiger partial charge is 0.464 e. The summed E-state index contributed by atoms with van der Waals surface area (Å²) in [6, 6.07) is 13.8. The zero-order valence-corrected chi connectivity index (χ0v) is 14.1. The highest BCUT2D eigenvalue weighted by Gasteiger charge is 2.09. The molecule has 0 atom stereocenters. The molecule has 1 aromatic carbocycles. The third kappa shape index (κ3) is 4.07. The van der Waals surface area contributed by atoms with Crippen LogP contribution in [0.3, 0.4) is 0 Å². The molecule has 2 N–H and O–H groups in total. The van der Waals surface area contributed by atoms with Crippen LogP contribution in [0.15, 0.2) is 64.2 Å². The number of hydrogen-bond acceptors (Lipinski definition) is 5. The highest BCUT2D eigenvalue weighted by molar-refractivity contribution is 8.00. The van der Waals surface area contributed by atoms with Gasteiger partial charge in [0.15, 0.2) is 0 Å². The summed E-state index contributed by atoms with van der Waals surface area (Å²) in [4.78, 5) is 5.07. The SMILES string of the molecule is CNCc1ccc(-c2ccco2)c(NSc2ccc(Cl)nc2)c1. The number of nitrogens with one attached hydrogen (secondary N) is 2. The monoisotopic (exact) mass is 345 g/mol. The van der Waals surface area contributed by atoms with Crippen LogP contribution in [-0.4, -0.2) is 12.0 Å². The molecule has 3 rings (SSSR count). The van der Waals surface area contributed by atoms with E-state index in [-0.39, 0.29) is 0 Å². The van der Waals surface area contributed by atoms with Gasteiger partial charge in [-0.05, 0) is 61.0 Å². The van der Waals surface area contributed by atoms with Crippen LogP contribution >= 0.6 is 23.5 Å². The van der Waals surface area contributed by atoms with Crippen molar-refractivity contribution in [1.29, 1.82) is 0 Å². The van der Waals surface area contributed by atoms with Gasteiger partial charge in [-0.25, -0.2) is 4.98 Å². The van der Waals surface area contributed by atoms with E-state index in [1.165, 1.54) is 17.5 Å². The summed E-state index contributed by atoms with van der Waals surface area (Å²) in [6.45, 7) is 0.806. The Kier molecular flexibility index (Phi) is 5.23. The van der Waals surface area contributed by atoms with E-state index in [9.17, 15) is 0 Å². The number of rotatable bonds is 6. The maximum Gasteiger partial charge on any atom is 0.135 e. The van der Waals surface area contributed by atoms with Crippen molar-refractivity contribution >= 4 is 29.2 Å². The minimum Gasteiger partial charge on any atom is -0.464 e. The topological polar surface area (TPSA) is 50.1 Å². The molecule has 0 radical (unpaired) electrons. The van der Waals surface area contributed by atoms with Crippen LogP contribution in [0.5, 0.6) is 0 Å². The van der Waals surface area contributed by atoms with E-state index in [0.717, 1.165) is 28.5 Å². The van der Waals surface area contributed by atoms with Gasteiger partial charge in [0.25, 0.3) is 0 Å². The Morgan fingerprint density at radius 3 is 2.83 bits per heavy atom. The molecule has 0 unspecified atom stereocenters. The number of pyridine rings is 1. The zero-order chi connectivity index (χ0) is 16.1. The van der Waals surface area contributed by atoms with Crippen LogP contribution in [0, 0.1) is 0 Å². The third-order valence-electron chi connectivity index (χ3n) is 3.23. The van der Waals surface area contributed by atoms with Crippen LogP contribution in [0.2, 0.25) is 5.15 Å². The van der Waals surface area contributed by atoms with Gasteiger partial charge in [-0.15, -0.1) is 0 Å². The summed E-state index contributed by atoms with van der Waals surface area (Å²) in [5.74, 6) is 0.832. The Bertz CT molecular complexity index is 760. The van der Waals surface area contributed by atoms with Crippen LogP contribution < -0.4 is 10.0 Å². The lowest BCUT2D eigenvalue weighted by Gasteiger charge is -2.12. The minimum absolute atomic E-state index is 0.488. The molecule has 0 saturated heterocycles. The molecule has 0 aliphatic rings. The molecule has 0 bridgehead atoms. The molecular weight excluding hydrogens is 330 g/mol. The number of hydrogen-bond donors (Lipinski definition) is 2. The van der Waals surface area contributed by atoms with Gasteiger partial charge in [-0.2, -0.15) is 0 Å². The summed E-state index contributed by atoms with van der Waals surface area (Å²) in [6.07, 6.45) is 3.42. The summed E-state index contributed by atoms with van der Waals surface area (Å²) in [7, 11) is 1.93. The first-order chi connectivity index (χ1) is 11.3. The van der Waals surface area contributed by atoms with Gasteiger partial charge < -0.3 is 14.5 Å². The molecule has 0 aliphatic carbocycles. The zero-order valence-electron chi connectivity index (χ0n) is 12.5. The fourth-order valence-corrected chi connectivity index (χ4v) is 2.92. The first kappa shape index (κ1) is 15.9. The van der Waals surface area contributed by atoms with Gasteiger partial charge >= 0.3 is 0 Å². The van der Waals surface area contributed by atoms with Crippen molar-refractivity contribution in [3.05, 3.63) is 65.6 Å². The Morgan fingerprint density at radius 2 is 2.13 bits per heavy atom. The van der Waals surface area contributed by atoms with Crippen molar-refractivity contribution in [3.63, 3.8) is 0 Å². The second kappa shape index (κ2) is 7.55. The van der Waals surface area contributed by atoms with Gasteiger partial charge in [0.2, 0.25) is 0 Å². The standard InChI is InChI=1S/C17H16ClN3OS/c1-19-10-12-4-6-14(16-3-2-8-22-16)15(9-12)21-23-13-5-7-17(18)20-11-13/h2-9,11,19,21H,10H2,1H3. The summed E-state index contributed by atoms with van der Waals surface area (Å²) in [5, 5.41) is 3.65. The summed E-state index contributed by atoms with van der Waals surface area (Å²) >= 11 is 7.30. The van der Waals surface area contributed by atoms with Crippen LogP contribution in [-0.2, 0) is 6.54 Å². The first-order valence-electron chi connectivity index (χ1n) is 7.12. The molecule has 0 amide bonds. The minimum atomic E-state index is 0.488. The number of benzene rings is 1. The van der Waals surface area contributed by atoms with Crippen molar-refractivity contribution in [2.24, 2.45) is 0 Å². The number of nitrogens with zero attached hydrogens (tertiary/aromatic N) is 1. The smallest absolute Gasteiger partial charge is 0.135 e. The number of aromatic nitrogens is 1. The van der Waals surface area contributed by atoms with Crippen molar-refractivity contribution in [2.45, 2.75) is 11.4 Å². The quantitative estimate of drug-likeness (QED) is 0.495. The fraction of sp³-hybridized carbons (Fsp3) is 0.118. The summed E-state index contributed by atoms with van der Waals surface area (Å²) in [5.41, 5.74) is 3.21. The molecule has 6 heteroatoms. The van der Waals surface area contributed by atoms with Gasteiger partial charge in [-0.3, -0.25) is 0 Å². The van der Waals surface area contributed by atoms with Crippen LogP contribution in [0.25, 0.3) is 11.3 Å². The molecule has 0 spiro atoms. The first-order valence-corrected chi connectivity index (χ1v) is 8.31. The van der Waals surface area contributed by atoms with Gasteiger partial charge in [0.05, 0.1) is 12.0 Å². The maximum absolute atomic E-state index is 5.82. The Labute approximate surface area is 144 Å². The Morgan fingerprint density at radius 1 is 1.22 bits per heavy atom. The molecule has 2 heterocycles. The summed E-state index contributed by atoms with van der Waals surface area (Å²) < 4.78 is 8.92. The van der Waals surface area contributed by atoms with Gasteiger partial charge in [0.1, 0.15) is 10.9 Å². The fourth-order valence-electron chi connectivity index (χ4n) is 2.17. The van der Waals surface area contributed by atoms with Crippen LogP contribution in [0.4, 0.5) is 5.69 Å². The molecule has 3 aromatic rings. The predicted octanol–water partition coefficient (Wildman–Crippen LogP) is 4.83. The molecular formula is C17H16ClN3OS. The predicted molar refractivity (Wildman–Crippen MR) is 95.6 cm³/mol. The molecule has 23 heavy (non-hydrogen) atoms. The van der Waals surface area contributed by atoms with Gasteiger partial charge in [0, 0.05) is 23.2 Å². The van der Waals surface area contributed by atoms with E-state index in [4.69, 9.17) is 16.0 Å². The lowest BCUT2D eigenvalue weighted by molar-refractivity contribution is 0.582. The molecule has 0 saturated carbocycles. The second-order valence-corrected chi connectivity index (χ2v) is 6.18.